The van der Waals surface area contributed by atoms with Crippen molar-refractivity contribution in [1.82, 2.24) is 4.98 Å². The Kier molecular flexibility index (Phi) is 4.03. The summed E-state index contributed by atoms with van der Waals surface area (Å²) in [6.45, 7) is 5.08. The molecule has 0 saturated carbocycles. The quantitative estimate of drug-likeness (QED) is 0.563. The van der Waals surface area contributed by atoms with Crippen LogP contribution in [0.15, 0.2) is 30.6 Å². The van der Waals surface area contributed by atoms with Gasteiger partial charge in [-0.05, 0) is 31.9 Å². The predicted octanol–water partition coefficient (Wildman–Crippen LogP) is 2.77. The van der Waals surface area contributed by atoms with Crippen molar-refractivity contribution in [3.05, 3.63) is 36.2 Å². The van der Waals surface area contributed by atoms with Gasteiger partial charge in [0.15, 0.2) is 0 Å². The molecule has 0 aromatic carbocycles. The van der Waals surface area contributed by atoms with Crippen LogP contribution in [0.4, 0.5) is 5.69 Å². The molecule has 0 bridgehead atoms. The van der Waals surface area contributed by atoms with E-state index in [1.165, 1.54) is 11.3 Å². The number of anilines is 1. The van der Waals surface area contributed by atoms with E-state index in [0.717, 1.165) is 13.0 Å². The highest BCUT2D eigenvalue weighted by molar-refractivity contribution is 5.48. The lowest BCUT2D eigenvalue weighted by Gasteiger charge is -2.06. The summed E-state index contributed by atoms with van der Waals surface area (Å²) in [5, 5.41) is 3.36. The van der Waals surface area contributed by atoms with E-state index in [4.69, 9.17) is 0 Å². The molecule has 0 atom stereocenters. The third-order valence-electron chi connectivity index (χ3n) is 1.88. The number of rotatable bonds is 4. The zero-order valence-electron chi connectivity index (χ0n) is 8.25. The Morgan fingerprint density at radius 2 is 2.38 bits per heavy atom. The van der Waals surface area contributed by atoms with E-state index < -0.39 is 0 Å². The van der Waals surface area contributed by atoms with E-state index in [9.17, 15) is 0 Å². The monoisotopic (exact) mass is 176 g/mol. The highest BCUT2D eigenvalue weighted by Crippen LogP contribution is 2.10. The summed E-state index contributed by atoms with van der Waals surface area (Å²) in [7, 11) is 0. The second-order valence-electron chi connectivity index (χ2n) is 2.98. The van der Waals surface area contributed by atoms with Gasteiger partial charge in [0.25, 0.3) is 0 Å². The smallest absolute Gasteiger partial charge is 0.0400 e. The maximum absolute atomic E-state index is 4.04. The SMILES string of the molecule is C/C=C/CCNc1ccncc1C. The van der Waals surface area contributed by atoms with Crippen molar-refractivity contribution in [2.75, 3.05) is 11.9 Å². The average Bonchev–Trinajstić information content (AvgIpc) is 2.15. The van der Waals surface area contributed by atoms with Gasteiger partial charge in [0.1, 0.15) is 0 Å². The Hall–Kier alpha value is -1.31. The fourth-order valence-corrected chi connectivity index (χ4v) is 1.13. The van der Waals surface area contributed by atoms with Gasteiger partial charge in [-0.2, -0.15) is 0 Å². The Bertz CT molecular complexity index is 279. The molecule has 13 heavy (non-hydrogen) atoms. The molecule has 0 radical (unpaired) electrons. The molecular weight excluding hydrogens is 160 g/mol. The molecule has 1 aromatic heterocycles. The predicted molar refractivity (Wildman–Crippen MR) is 56.9 cm³/mol. The average molecular weight is 176 g/mol. The number of aromatic nitrogens is 1. The first kappa shape index (κ1) is 9.78. The van der Waals surface area contributed by atoms with E-state index in [1.807, 2.05) is 25.4 Å². The van der Waals surface area contributed by atoms with Crippen LogP contribution in [-0.2, 0) is 0 Å². The van der Waals surface area contributed by atoms with Crippen molar-refractivity contribution in [3.63, 3.8) is 0 Å². The van der Waals surface area contributed by atoms with Crippen molar-refractivity contribution < 1.29 is 0 Å². The normalized spacial score (nSPS) is 10.6. The zero-order valence-corrected chi connectivity index (χ0v) is 8.25. The lowest BCUT2D eigenvalue weighted by Crippen LogP contribution is -2.01. The van der Waals surface area contributed by atoms with Crippen LogP contribution < -0.4 is 5.32 Å². The molecule has 1 N–H and O–H groups in total. The molecule has 0 fully saturated rings. The molecule has 0 aliphatic rings. The van der Waals surface area contributed by atoms with Crippen molar-refractivity contribution in [2.45, 2.75) is 20.3 Å². The van der Waals surface area contributed by atoms with Gasteiger partial charge in [-0.1, -0.05) is 12.2 Å². The molecule has 0 amide bonds. The largest absolute Gasteiger partial charge is 0.384 e. The molecule has 2 nitrogen and oxygen atoms in total. The van der Waals surface area contributed by atoms with E-state index in [0.29, 0.717) is 0 Å². The second kappa shape index (κ2) is 5.36. The first-order chi connectivity index (χ1) is 6.34. The Labute approximate surface area is 79.7 Å². The van der Waals surface area contributed by atoms with E-state index in [-0.39, 0.29) is 0 Å². The molecule has 0 spiro atoms. The van der Waals surface area contributed by atoms with E-state index in [1.54, 1.807) is 0 Å². The molecule has 1 rings (SSSR count). The number of hydrogen-bond donors (Lipinski definition) is 1. The number of nitrogens with one attached hydrogen (secondary N) is 1. The first-order valence-corrected chi connectivity index (χ1v) is 4.60. The molecule has 0 saturated heterocycles. The second-order valence-corrected chi connectivity index (χ2v) is 2.98. The van der Waals surface area contributed by atoms with Crippen LogP contribution in [0, 0.1) is 6.92 Å². The Morgan fingerprint density at radius 3 is 3.08 bits per heavy atom. The van der Waals surface area contributed by atoms with Crippen LogP contribution in [0.2, 0.25) is 0 Å². The lowest BCUT2D eigenvalue weighted by atomic mass is 10.2. The summed E-state index contributed by atoms with van der Waals surface area (Å²) in [5.74, 6) is 0. The molecule has 2 heteroatoms. The molecule has 1 aromatic rings. The maximum Gasteiger partial charge on any atom is 0.0400 e. The summed E-state index contributed by atoms with van der Waals surface area (Å²) in [5.41, 5.74) is 2.38. The summed E-state index contributed by atoms with van der Waals surface area (Å²) in [6, 6.07) is 2.00. The highest BCUT2D eigenvalue weighted by Gasteiger charge is 1.93. The molecular formula is C11H16N2. The summed E-state index contributed by atoms with van der Waals surface area (Å²) in [6.07, 6.45) is 8.98. The van der Waals surface area contributed by atoms with Crippen LogP contribution in [0.3, 0.4) is 0 Å². The summed E-state index contributed by atoms with van der Waals surface area (Å²) < 4.78 is 0. The van der Waals surface area contributed by atoms with Crippen LogP contribution in [0.5, 0.6) is 0 Å². The maximum atomic E-state index is 4.04. The highest BCUT2D eigenvalue weighted by atomic mass is 14.9. The molecule has 70 valence electrons. The Morgan fingerprint density at radius 1 is 1.54 bits per heavy atom. The third kappa shape index (κ3) is 3.28. The number of aryl methyl sites for hydroxylation is 1. The van der Waals surface area contributed by atoms with Crippen molar-refractivity contribution in [2.24, 2.45) is 0 Å². The van der Waals surface area contributed by atoms with Gasteiger partial charge < -0.3 is 5.32 Å². The summed E-state index contributed by atoms with van der Waals surface area (Å²) in [4.78, 5) is 4.04. The molecule has 0 aliphatic carbocycles. The summed E-state index contributed by atoms with van der Waals surface area (Å²) >= 11 is 0. The van der Waals surface area contributed by atoms with Gasteiger partial charge in [0.2, 0.25) is 0 Å². The van der Waals surface area contributed by atoms with Crippen LogP contribution >= 0.6 is 0 Å². The topological polar surface area (TPSA) is 24.9 Å². The van der Waals surface area contributed by atoms with Crippen molar-refractivity contribution in [1.29, 1.82) is 0 Å². The Balaban J connectivity index is 2.41. The number of pyridine rings is 1. The van der Waals surface area contributed by atoms with Gasteiger partial charge in [-0.3, -0.25) is 4.98 Å². The fraction of sp³-hybridized carbons (Fsp3) is 0.364. The van der Waals surface area contributed by atoms with Crippen molar-refractivity contribution in [3.8, 4) is 0 Å². The first-order valence-electron chi connectivity index (χ1n) is 4.60. The van der Waals surface area contributed by atoms with Gasteiger partial charge >= 0.3 is 0 Å². The number of nitrogens with zero attached hydrogens (tertiary/aromatic N) is 1. The van der Waals surface area contributed by atoms with Crippen LogP contribution in [-0.4, -0.2) is 11.5 Å². The number of hydrogen-bond acceptors (Lipinski definition) is 2. The van der Waals surface area contributed by atoms with E-state index >= 15 is 0 Å². The van der Waals surface area contributed by atoms with Crippen LogP contribution in [0.25, 0.3) is 0 Å². The van der Waals surface area contributed by atoms with Gasteiger partial charge in [0.05, 0.1) is 0 Å². The number of allylic oxidation sites excluding steroid dienone is 1. The van der Waals surface area contributed by atoms with Crippen molar-refractivity contribution >= 4 is 5.69 Å². The minimum absolute atomic E-state index is 0.981. The minimum atomic E-state index is 0.981. The minimum Gasteiger partial charge on any atom is -0.384 e. The van der Waals surface area contributed by atoms with Gasteiger partial charge in [-0.15, -0.1) is 0 Å². The third-order valence-corrected chi connectivity index (χ3v) is 1.88. The molecule has 0 unspecified atom stereocenters. The van der Waals surface area contributed by atoms with Crippen LogP contribution in [0.1, 0.15) is 18.9 Å². The lowest BCUT2D eigenvalue weighted by molar-refractivity contribution is 1.06. The molecule has 0 aliphatic heterocycles. The van der Waals surface area contributed by atoms with Gasteiger partial charge in [0, 0.05) is 24.6 Å². The van der Waals surface area contributed by atoms with E-state index in [2.05, 4.69) is 29.4 Å². The fourth-order valence-electron chi connectivity index (χ4n) is 1.13. The zero-order chi connectivity index (χ0) is 9.52. The van der Waals surface area contributed by atoms with Gasteiger partial charge in [-0.25, -0.2) is 0 Å². The standard InChI is InChI=1S/C11H16N2/c1-3-4-5-7-13-11-6-8-12-9-10(11)2/h3-4,6,8-9H,5,7H2,1-2H3,(H,12,13)/b4-3+. The molecule has 1 heterocycles.